The quantitative estimate of drug-likeness (QED) is 0.778. The van der Waals surface area contributed by atoms with Gasteiger partial charge in [-0.2, -0.15) is 0 Å². The molecule has 2 heterocycles. The van der Waals surface area contributed by atoms with Gasteiger partial charge in [0.05, 0.1) is 6.61 Å². The lowest BCUT2D eigenvalue weighted by Crippen LogP contribution is -2.52. The fraction of sp³-hybridized carbons (Fsp3) is 0.615. The lowest BCUT2D eigenvalue weighted by molar-refractivity contribution is 0.152. The summed E-state index contributed by atoms with van der Waals surface area (Å²) in [4.78, 5) is 31.3. The molecule has 8 nitrogen and oxygen atoms in total. The van der Waals surface area contributed by atoms with Crippen LogP contribution in [0.1, 0.15) is 6.92 Å². The van der Waals surface area contributed by atoms with Crippen molar-refractivity contribution in [1.82, 2.24) is 20.5 Å². The number of ether oxygens (including phenoxy) is 1. The van der Waals surface area contributed by atoms with Crippen molar-refractivity contribution in [2.75, 3.05) is 50.8 Å². The van der Waals surface area contributed by atoms with Crippen molar-refractivity contribution >= 4 is 28.6 Å². The van der Waals surface area contributed by atoms with E-state index >= 15 is 0 Å². The Kier molecular flexibility index (Phi) is 6.26. The second-order valence-corrected chi connectivity index (χ2v) is 5.54. The molecule has 2 rings (SSSR count). The summed E-state index contributed by atoms with van der Waals surface area (Å²) in [6, 6.07) is -0.107. The molecule has 0 aliphatic carbocycles. The van der Waals surface area contributed by atoms with Crippen LogP contribution in [0.4, 0.5) is 14.7 Å². The summed E-state index contributed by atoms with van der Waals surface area (Å²) in [6.45, 7) is 5.69. The number of carbonyl (C=O) groups is 2. The van der Waals surface area contributed by atoms with Crippen LogP contribution in [0.3, 0.4) is 0 Å². The molecule has 0 aromatic carbocycles. The van der Waals surface area contributed by atoms with Crippen molar-refractivity contribution in [1.29, 1.82) is 0 Å². The van der Waals surface area contributed by atoms with E-state index in [0.29, 0.717) is 32.8 Å². The lowest BCUT2D eigenvalue weighted by Gasteiger charge is -2.34. The molecule has 1 saturated heterocycles. The van der Waals surface area contributed by atoms with Crippen LogP contribution < -0.4 is 15.5 Å². The zero-order chi connectivity index (χ0) is 15.8. The highest BCUT2D eigenvalue weighted by atomic mass is 32.1. The Morgan fingerprint density at radius 1 is 1.27 bits per heavy atom. The molecule has 0 unspecified atom stereocenters. The molecule has 122 valence electrons. The maximum absolute atomic E-state index is 12.0. The third-order valence-corrected chi connectivity index (χ3v) is 4.03. The molecule has 0 atom stereocenters. The largest absolute Gasteiger partial charge is 0.450 e. The zero-order valence-corrected chi connectivity index (χ0v) is 13.4. The average Bonchev–Trinajstić information content (AvgIpc) is 3.06. The van der Waals surface area contributed by atoms with Crippen molar-refractivity contribution in [2.45, 2.75) is 6.92 Å². The van der Waals surface area contributed by atoms with Crippen molar-refractivity contribution in [2.24, 2.45) is 0 Å². The van der Waals surface area contributed by atoms with Gasteiger partial charge in [0.15, 0.2) is 5.13 Å². The molecular weight excluding hydrogens is 306 g/mol. The number of rotatable bonds is 5. The Labute approximate surface area is 133 Å². The number of carbonyl (C=O) groups excluding carboxylic acids is 2. The van der Waals surface area contributed by atoms with Crippen LogP contribution in [0.15, 0.2) is 11.6 Å². The van der Waals surface area contributed by atoms with Crippen LogP contribution in [0.2, 0.25) is 0 Å². The second-order valence-electron chi connectivity index (χ2n) is 4.67. The highest BCUT2D eigenvalue weighted by molar-refractivity contribution is 7.13. The third kappa shape index (κ3) is 4.76. The standard InChI is InChI=1S/C13H21N5O3S/c1-2-21-13(20)16-4-3-14-11(19)17-6-8-18(9-7-17)12-15-5-10-22-12/h5,10H,2-4,6-9H2,1H3,(H,14,19)(H,16,20). The van der Waals surface area contributed by atoms with E-state index in [-0.39, 0.29) is 6.03 Å². The van der Waals surface area contributed by atoms with E-state index in [1.807, 2.05) is 5.38 Å². The third-order valence-electron chi connectivity index (χ3n) is 3.20. The molecule has 1 aliphatic rings. The summed E-state index contributed by atoms with van der Waals surface area (Å²) in [5.41, 5.74) is 0. The molecule has 2 N–H and O–H groups in total. The minimum absolute atomic E-state index is 0.107. The summed E-state index contributed by atoms with van der Waals surface area (Å²) in [5, 5.41) is 8.29. The number of aromatic nitrogens is 1. The van der Waals surface area contributed by atoms with Crippen LogP contribution >= 0.6 is 11.3 Å². The van der Waals surface area contributed by atoms with Gasteiger partial charge in [-0.1, -0.05) is 0 Å². The SMILES string of the molecule is CCOC(=O)NCCNC(=O)N1CCN(c2nccs2)CC1. The minimum atomic E-state index is -0.464. The lowest BCUT2D eigenvalue weighted by atomic mass is 10.3. The summed E-state index contributed by atoms with van der Waals surface area (Å²) in [5.74, 6) is 0. The van der Waals surface area contributed by atoms with E-state index in [0.717, 1.165) is 18.2 Å². The second kappa shape index (κ2) is 8.42. The zero-order valence-electron chi connectivity index (χ0n) is 12.6. The van der Waals surface area contributed by atoms with Crippen molar-refractivity contribution in [3.05, 3.63) is 11.6 Å². The Bertz CT molecular complexity index is 474. The van der Waals surface area contributed by atoms with Crippen LogP contribution in [0, 0.1) is 0 Å². The summed E-state index contributed by atoms with van der Waals surface area (Å²) >= 11 is 1.61. The maximum atomic E-state index is 12.0. The Balaban J connectivity index is 1.62. The van der Waals surface area contributed by atoms with Crippen molar-refractivity contribution < 1.29 is 14.3 Å². The molecule has 3 amide bonds. The van der Waals surface area contributed by atoms with Gasteiger partial charge < -0.3 is 25.2 Å². The molecular formula is C13H21N5O3S. The number of hydrogen-bond donors (Lipinski definition) is 2. The Morgan fingerprint density at radius 2 is 2.00 bits per heavy atom. The number of alkyl carbamates (subject to hydrolysis) is 1. The summed E-state index contributed by atoms with van der Waals surface area (Å²) in [6.07, 6.45) is 1.32. The van der Waals surface area contributed by atoms with E-state index in [1.54, 1.807) is 29.4 Å². The predicted molar refractivity (Wildman–Crippen MR) is 84.3 cm³/mol. The number of nitrogens with one attached hydrogen (secondary N) is 2. The molecule has 1 aliphatic heterocycles. The highest BCUT2D eigenvalue weighted by Crippen LogP contribution is 2.18. The van der Waals surface area contributed by atoms with Gasteiger partial charge in [-0.25, -0.2) is 14.6 Å². The highest BCUT2D eigenvalue weighted by Gasteiger charge is 2.21. The smallest absolute Gasteiger partial charge is 0.407 e. The molecule has 0 spiro atoms. The number of piperazine rings is 1. The molecule has 1 fully saturated rings. The summed E-state index contributed by atoms with van der Waals surface area (Å²) in [7, 11) is 0. The molecule has 0 radical (unpaired) electrons. The number of anilines is 1. The van der Waals surface area contributed by atoms with Crippen LogP contribution in [0.5, 0.6) is 0 Å². The monoisotopic (exact) mass is 327 g/mol. The number of hydrogen-bond acceptors (Lipinski definition) is 6. The van der Waals surface area contributed by atoms with Gasteiger partial charge in [0, 0.05) is 50.8 Å². The number of thiazole rings is 1. The van der Waals surface area contributed by atoms with Crippen molar-refractivity contribution in [3.8, 4) is 0 Å². The van der Waals surface area contributed by atoms with Gasteiger partial charge in [-0.15, -0.1) is 11.3 Å². The fourth-order valence-corrected chi connectivity index (χ4v) is 2.80. The maximum Gasteiger partial charge on any atom is 0.407 e. The predicted octanol–water partition coefficient (Wildman–Crippen LogP) is 0.721. The van der Waals surface area contributed by atoms with Gasteiger partial charge in [0.1, 0.15) is 0 Å². The van der Waals surface area contributed by atoms with Gasteiger partial charge in [0.2, 0.25) is 0 Å². The minimum Gasteiger partial charge on any atom is -0.450 e. The molecule has 1 aromatic heterocycles. The van der Waals surface area contributed by atoms with Crippen LogP contribution in [0.25, 0.3) is 0 Å². The van der Waals surface area contributed by atoms with Gasteiger partial charge in [0.25, 0.3) is 0 Å². The normalized spacial score (nSPS) is 14.6. The van der Waals surface area contributed by atoms with Crippen molar-refractivity contribution in [3.63, 3.8) is 0 Å². The number of nitrogens with zero attached hydrogens (tertiary/aromatic N) is 3. The average molecular weight is 327 g/mol. The van der Waals surface area contributed by atoms with Gasteiger partial charge in [-0.05, 0) is 6.92 Å². The Morgan fingerprint density at radius 3 is 2.64 bits per heavy atom. The fourth-order valence-electron chi connectivity index (χ4n) is 2.10. The first-order valence-corrected chi connectivity index (χ1v) is 8.16. The molecule has 0 saturated carbocycles. The van der Waals surface area contributed by atoms with E-state index in [9.17, 15) is 9.59 Å². The topological polar surface area (TPSA) is 86.8 Å². The van der Waals surface area contributed by atoms with Gasteiger partial charge >= 0.3 is 12.1 Å². The first-order chi connectivity index (χ1) is 10.7. The first kappa shape index (κ1) is 16.3. The van der Waals surface area contributed by atoms with E-state index < -0.39 is 6.09 Å². The number of amides is 3. The number of urea groups is 1. The molecule has 22 heavy (non-hydrogen) atoms. The van der Waals surface area contributed by atoms with E-state index in [2.05, 4.69) is 20.5 Å². The molecule has 1 aromatic rings. The van der Waals surface area contributed by atoms with E-state index in [1.165, 1.54) is 0 Å². The van der Waals surface area contributed by atoms with Crippen LogP contribution in [-0.4, -0.2) is 67.9 Å². The molecule has 0 bridgehead atoms. The van der Waals surface area contributed by atoms with E-state index in [4.69, 9.17) is 4.74 Å². The van der Waals surface area contributed by atoms with Crippen LogP contribution in [-0.2, 0) is 4.74 Å². The Hall–Kier alpha value is -2.03. The first-order valence-electron chi connectivity index (χ1n) is 7.28. The summed E-state index contributed by atoms with van der Waals surface area (Å²) < 4.78 is 4.73. The molecule has 9 heteroatoms. The van der Waals surface area contributed by atoms with Gasteiger partial charge in [-0.3, -0.25) is 0 Å².